The maximum absolute atomic E-state index is 5.33. The average molecular weight is 315 g/mol. The number of nitrogens with zero attached hydrogens (tertiary/aromatic N) is 2. The molecule has 0 radical (unpaired) electrons. The van der Waals surface area contributed by atoms with Crippen molar-refractivity contribution in [1.29, 1.82) is 0 Å². The predicted octanol–water partition coefficient (Wildman–Crippen LogP) is 3.63. The number of ether oxygens (including phenoxy) is 2. The molecule has 2 heterocycles. The SMILES string of the molecule is COc1ccc(CNc2ncnc3sc(C)cc23)cc1OC. The molecule has 6 heteroatoms. The largest absolute Gasteiger partial charge is 0.493 e. The average Bonchev–Trinajstić information content (AvgIpc) is 2.93. The molecule has 3 aromatic rings. The van der Waals surface area contributed by atoms with E-state index in [-0.39, 0.29) is 0 Å². The van der Waals surface area contributed by atoms with Gasteiger partial charge in [-0.3, -0.25) is 0 Å². The van der Waals surface area contributed by atoms with Gasteiger partial charge in [0.2, 0.25) is 0 Å². The fraction of sp³-hybridized carbons (Fsp3) is 0.250. The minimum Gasteiger partial charge on any atom is -0.493 e. The molecule has 0 spiro atoms. The minimum absolute atomic E-state index is 0.654. The van der Waals surface area contributed by atoms with Crippen molar-refractivity contribution in [3.8, 4) is 11.5 Å². The van der Waals surface area contributed by atoms with Gasteiger partial charge < -0.3 is 14.8 Å². The van der Waals surface area contributed by atoms with Crippen LogP contribution in [0.4, 0.5) is 5.82 Å². The van der Waals surface area contributed by atoms with Crippen molar-refractivity contribution in [1.82, 2.24) is 9.97 Å². The van der Waals surface area contributed by atoms with E-state index in [0.717, 1.165) is 33.1 Å². The molecule has 0 saturated carbocycles. The van der Waals surface area contributed by atoms with E-state index < -0.39 is 0 Å². The normalized spacial score (nSPS) is 10.7. The highest BCUT2D eigenvalue weighted by Gasteiger charge is 2.08. The highest BCUT2D eigenvalue weighted by Crippen LogP contribution is 2.29. The fourth-order valence-corrected chi connectivity index (χ4v) is 3.14. The van der Waals surface area contributed by atoms with E-state index in [1.165, 1.54) is 4.88 Å². The topological polar surface area (TPSA) is 56.3 Å². The van der Waals surface area contributed by atoms with Crippen molar-refractivity contribution in [2.45, 2.75) is 13.5 Å². The van der Waals surface area contributed by atoms with Gasteiger partial charge in [-0.05, 0) is 30.7 Å². The Morgan fingerprint density at radius 1 is 1.09 bits per heavy atom. The van der Waals surface area contributed by atoms with Crippen LogP contribution >= 0.6 is 11.3 Å². The lowest BCUT2D eigenvalue weighted by atomic mass is 10.2. The van der Waals surface area contributed by atoms with Gasteiger partial charge in [0, 0.05) is 11.4 Å². The first-order valence-corrected chi connectivity index (χ1v) is 7.69. The molecule has 0 aliphatic rings. The second-order valence-corrected chi connectivity index (χ2v) is 6.08. The molecule has 114 valence electrons. The molecule has 1 N–H and O–H groups in total. The van der Waals surface area contributed by atoms with Crippen LogP contribution in [-0.4, -0.2) is 24.2 Å². The Bertz CT molecular complexity index is 801. The molecule has 0 aliphatic carbocycles. The summed E-state index contributed by atoms with van der Waals surface area (Å²) in [4.78, 5) is 10.9. The number of rotatable bonds is 5. The maximum atomic E-state index is 5.33. The third-order valence-corrected chi connectivity index (χ3v) is 4.32. The summed E-state index contributed by atoms with van der Waals surface area (Å²) in [6.07, 6.45) is 1.59. The fourth-order valence-electron chi connectivity index (χ4n) is 2.29. The van der Waals surface area contributed by atoms with Crippen LogP contribution in [0.5, 0.6) is 11.5 Å². The molecule has 2 aromatic heterocycles. The molecular formula is C16H17N3O2S. The molecule has 0 unspecified atom stereocenters. The highest BCUT2D eigenvalue weighted by atomic mass is 32.1. The van der Waals surface area contributed by atoms with Crippen LogP contribution in [-0.2, 0) is 6.54 Å². The summed E-state index contributed by atoms with van der Waals surface area (Å²) in [7, 11) is 3.27. The van der Waals surface area contributed by atoms with Gasteiger partial charge in [-0.1, -0.05) is 6.07 Å². The Hall–Kier alpha value is -2.34. The predicted molar refractivity (Wildman–Crippen MR) is 89.0 cm³/mol. The van der Waals surface area contributed by atoms with E-state index in [1.807, 2.05) is 18.2 Å². The minimum atomic E-state index is 0.654. The standard InChI is InChI=1S/C16H17N3O2S/c1-10-6-12-15(18-9-19-16(12)22-10)17-8-11-4-5-13(20-2)14(7-11)21-3/h4-7,9H,8H2,1-3H3,(H,17,18,19). The van der Waals surface area contributed by atoms with Gasteiger partial charge in [0.25, 0.3) is 0 Å². The molecule has 0 amide bonds. The summed E-state index contributed by atoms with van der Waals surface area (Å²) in [6, 6.07) is 7.98. The van der Waals surface area contributed by atoms with Gasteiger partial charge in [-0.15, -0.1) is 11.3 Å². The van der Waals surface area contributed by atoms with E-state index in [4.69, 9.17) is 9.47 Å². The zero-order valence-electron chi connectivity index (χ0n) is 12.7. The lowest BCUT2D eigenvalue weighted by Gasteiger charge is -2.11. The first-order chi connectivity index (χ1) is 10.7. The van der Waals surface area contributed by atoms with Crippen LogP contribution < -0.4 is 14.8 Å². The first-order valence-electron chi connectivity index (χ1n) is 6.87. The number of nitrogens with one attached hydrogen (secondary N) is 1. The summed E-state index contributed by atoms with van der Waals surface area (Å²) in [5, 5.41) is 4.43. The molecule has 1 aromatic carbocycles. The van der Waals surface area contributed by atoms with Crippen LogP contribution in [0.25, 0.3) is 10.2 Å². The number of benzene rings is 1. The molecule has 0 aliphatic heterocycles. The molecule has 0 atom stereocenters. The van der Waals surface area contributed by atoms with Crippen molar-refractivity contribution in [3.05, 3.63) is 41.0 Å². The zero-order valence-corrected chi connectivity index (χ0v) is 13.5. The molecular weight excluding hydrogens is 298 g/mol. The molecule has 5 nitrogen and oxygen atoms in total. The Balaban J connectivity index is 1.82. The van der Waals surface area contributed by atoms with Gasteiger partial charge in [0.05, 0.1) is 19.6 Å². The quantitative estimate of drug-likeness (QED) is 0.779. The van der Waals surface area contributed by atoms with Crippen LogP contribution in [0.2, 0.25) is 0 Å². The second kappa shape index (κ2) is 6.19. The number of hydrogen-bond donors (Lipinski definition) is 1. The summed E-state index contributed by atoms with van der Waals surface area (Å²) in [6.45, 7) is 2.73. The Labute approximate surface area is 132 Å². The number of methoxy groups -OCH3 is 2. The van der Waals surface area contributed by atoms with Gasteiger partial charge >= 0.3 is 0 Å². The Kier molecular flexibility index (Phi) is 4.11. The van der Waals surface area contributed by atoms with Crippen molar-refractivity contribution in [2.24, 2.45) is 0 Å². The Morgan fingerprint density at radius 3 is 2.68 bits per heavy atom. The lowest BCUT2D eigenvalue weighted by Crippen LogP contribution is -2.02. The van der Waals surface area contributed by atoms with Gasteiger partial charge in [0.1, 0.15) is 17.0 Å². The number of aromatic nitrogens is 2. The van der Waals surface area contributed by atoms with E-state index in [9.17, 15) is 0 Å². The van der Waals surface area contributed by atoms with Gasteiger partial charge in [-0.2, -0.15) is 0 Å². The molecule has 22 heavy (non-hydrogen) atoms. The van der Waals surface area contributed by atoms with Crippen molar-refractivity contribution in [2.75, 3.05) is 19.5 Å². The van der Waals surface area contributed by atoms with Crippen LogP contribution in [0.1, 0.15) is 10.4 Å². The van der Waals surface area contributed by atoms with E-state index >= 15 is 0 Å². The van der Waals surface area contributed by atoms with Crippen LogP contribution in [0, 0.1) is 6.92 Å². The molecule has 0 bridgehead atoms. The number of thiophene rings is 1. The van der Waals surface area contributed by atoms with Crippen LogP contribution in [0.3, 0.4) is 0 Å². The monoisotopic (exact) mass is 315 g/mol. The summed E-state index contributed by atoms with van der Waals surface area (Å²) in [5.41, 5.74) is 1.09. The number of fused-ring (bicyclic) bond motifs is 1. The van der Waals surface area contributed by atoms with Gasteiger partial charge in [-0.25, -0.2) is 9.97 Å². The van der Waals surface area contributed by atoms with Gasteiger partial charge in [0.15, 0.2) is 11.5 Å². The molecule has 3 rings (SSSR count). The maximum Gasteiger partial charge on any atom is 0.161 e. The van der Waals surface area contributed by atoms with Crippen molar-refractivity contribution in [3.63, 3.8) is 0 Å². The summed E-state index contributed by atoms with van der Waals surface area (Å²) < 4.78 is 10.6. The van der Waals surface area contributed by atoms with E-state index in [1.54, 1.807) is 31.9 Å². The van der Waals surface area contributed by atoms with E-state index in [0.29, 0.717) is 6.54 Å². The molecule has 0 fully saturated rings. The number of anilines is 1. The smallest absolute Gasteiger partial charge is 0.161 e. The van der Waals surface area contributed by atoms with E-state index in [2.05, 4.69) is 28.3 Å². The third kappa shape index (κ3) is 2.82. The van der Waals surface area contributed by atoms with Crippen LogP contribution in [0.15, 0.2) is 30.6 Å². The summed E-state index contributed by atoms with van der Waals surface area (Å²) >= 11 is 1.67. The summed E-state index contributed by atoms with van der Waals surface area (Å²) in [5.74, 6) is 2.30. The number of aryl methyl sites for hydroxylation is 1. The zero-order chi connectivity index (χ0) is 15.5. The van der Waals surface area contributed by atoms with Crippen molar-refractivity contribution >= 4 is 27.4 Å². The van der Waals surface area contributed by atoms with Crippen molar-refractivity contribution < 1.29 is 9.47 Å². The first kappa shape index (κ1) is 14.6. The lowest BCUT2D eigenvalue weighted by molar-refractivity contribution is 0.354. The number of hydrogen-bond acceptors (Lipinski definition) is 6. The second-order valence-electron chi connectivity index (χ2n) is 4.84. The molecule has 0 saturated heterocycles. The highest BCUT2D eigenvalue weighted by molar-refractivity contribution is 7.18. The Morgan fingerprint density at radius 2 is 1.91 bits per heavy atom. The third-order valence-electron chi connectivity index (χ3n) is 3.36.